The highest BCUT2D eigenvalue weighted by atomic mass is 16.5. The lowest BCUT2D eigenvalue weighted by Gasteiger charge is -2.22. The SMILES string of the molecule is CCOC(=O)C(NCC1CCCO1)c1cccc(C)c1C. The molecule has 1 aromatic rings. The van der Waals surface area contributed by atoms with Crippen LogP contribution in [-0.2, 0) is 14.3 Å². The summed E-state index contributed by atoms with van der Waals surface area (Å²) in [5, 5.41) is 3.33. The first-order valence-electron chi connectivity index (χ1n) is 7.71. The third-order valence-electron chi connectivity index (χ3n) is 4.05. The second-order valence-electron chi connectivity index (χ2n) is 5.52. The molecule has 1 saturated heterocycles. The predicted molar refractivity (Wildman–Crippen MR) is 82.3 cm³/mol. The summed E-state index contributed by atoms with van der Waals surface area (Å²) < 4.78 is 10.8. The number of carbonyl (C=O) groups excluding carboxylic acids is 1. The van der Waals surface area contributed by atoms with Gasteiger partial charge in [-0.3, -0.25) is 5.32 Å². The maximum absolute atomic E-state index is 12.3. The van der Waals surface area contributed by atoms with E-state index in [0.29, 0.717) is 13.2 Å². The molecular weight excluding hydrogens is 266 g/mol. The molecule has 116 valence electrons. The van der Waals surface area contributed by atoms with Gasteiger partial charge in [-0.05, 0) is 50.3 Å². The molecule has 1 aliphatic rings. The van der Waals surface area contributed by atoms with Gasteiger partial charge in [0.05, 0.1) is 12.7 Å². The minimum Gasteiger partial charge on any atom is -0.465 e. The van der Waals surface area contributed by atoms with Crippen LogP contribution >= 0.6 is 0 Å². The highest BCUT2D eigenvalue weighted by Crippen LogP contribution is 2.22. The number of esters is 1. The summed E-state index contributed by atoms with van der Waals surface area (Å²) >= 11 is 0. The van der Waals surface area contributed by atoms with Crippen molar-refractivity contribution in [2.75, 3.05) is 19.8 Å². The van der Waals surface area contributed by atoms with Gasteiger partial charge in [-0.1, -0.05) is 18.2 Å². The van der Waals surface area contributed by atoms with E-state index in [1.54, 1.807) is 0 Å². The molecule has 2 atom stereocenters. The Morgan fingerprint density at radius 2 is 2.29 bits per heavy atom. The largest absolute Gasteiger partial charge is 0.465 e. The maximum atomic E-state index is 12.3. The average molecular weight is 291 g/mol. The quantitative estimate of drug-likeness (QED) is 0.819. The molecule has 0 spiro atoms. The first-order valence-corrected chi connectivity index (χ1v) is 7.71. The highest BCUT2D eigenvalue weighted by Gasteiger charge is 2.25. The van der Waals surface area contributed by atoms with Crippen LogP contribution in [-0.4, -0.2) is 31.8 Å². The summed E-state index contributed by atoms with van der Waals surface area (Å²) in [6.07, 6.45) is 2.35. The van der Waals surface area contributed by atoms with Gasteiger partial charge in [0.2, 0.25) is 0 Å². The molecule has 0 saturated carbocycles. The maximum Gasteiger partial charge on any atom is 0.327 e. The van der Waals surface area contributed by atoms with Gasteiger partial charge in [0, 0.05) is 13.2 Å². The molecule has 2 unspecified atom stereocenters. The summed E-state index contributed by atoms with van der Waals surface area (Å²) in [5.41, 5.74) is 3.31. The Bertz CT molecular complexity index is 481. The van der Waals surface area contributed by atoms with Crippen LogP contribution in [0.1, 0.15) is 42.5 Å². The third kappa shape index (κ3) is 4.05. The summed E-state index contributed by atoms with van der Waals surface area (Å²) in [5.74, 6) is -0.218. The van der Waals surface area contributed by atoms with Crippen molar-refractivity contribution in [3.05, 3.63) is 34.9 Å². The van der Waals surface area contributed by atoms with Gasteiger partial charge in [0.25, 0.3) is 0 Å². The first-order chi connectivity index (χ1) is 10.1. The molecule has 0 aromatic heterocycles. The number of rotatable bonds is 6. The van der Waals surface area contributed by atoms with Crippen molar-refractivity contribution in [1.29, 1.82) is 0 Å². The monoisotopic (exact) mass is 291 g/mol. The van der Waals surface area contributed by atoms with E-state index in [4.69, 9.17) is 9.47 Å². The van der Waals surface area contributed by atoms with Crippen LogP contribution in [0.4, 0.5) is 0 Å². The number of hydrogen-bond donors (Lipinski definition) is 1. The minimum absolute atomic E-state index is 0.201. The van der Waals surface area contributed by atoms with Crippen LogP contribution in [0.5, 0.6) is 0 Å². The van der Waals surface area contributed by atoms with E-state index in [1.807, 2.05) is 26.0 Å². The molecule has 1 aliphatic heterocycles. The fraction of sp³-hybridized carbons (Fsp3) is 0.588. The van der Waals surface area contributed by atoms with Crippen LogP contribution < -0.4 is 5.32 Å². The van der Waals surface area contributed by atoms with Crippen molar-refractivity contribution in [3.63, 3.8) is 0 Å². The number of nitrogens with one attached hydrogen (secondary N) is 1. The van der Waals surface area contributed by atoms with E-state index in [-0.39, 0.29) is 12.1 Å². The highest BCUT2D eigenvalue weighted by molar-refractivity contribution is 5.78. The lowest BCUT2D eigenvalue weighted by molar-refractivity contribution is -0.146. The van der Waals surface area contributed by atoms with Crippen molar-refractivity contribution in [2.24, 2.45) is 0 Å². The van der Waals surface area contributed by atoms with Gasteiger partial charge in [-0.2, -0.15) is 0 Å². The zero-order chi connectivity index (χ0) is 15.2. The van der Waals surface area contributed by atoms with Crippen molar-refractivity contribution in [3.8, 4) is 0 Å². The zero-order valence-corrected chi connectivity index (χ0v) is 13.1. The molecule has 2 rings (SSSR count). The van der Waals surface area contributed by atoms with E-state index in [2.05, 4.69) is 18.3 Å². The Morgan fingerprint density at radius 1 is 1.48 bits per heavy atom. The van der Waals surface area contributed by atoms with Gasteiger partial charge in [-0.25, -0.2) is 4.79 Å². The molecular formula is C17H25NO3. The van der Waals surface area contributed by atoms with E-state index in [1.165, 1.54) is 5.56 Å². The molecule has 21 heavy (non-hydrogen) atoms. The normalized spacial score (nSPS) is 19.5. The molecule has 1 N–H and O–H groups in total. The lowest BCUT2D eigenvalue weighted by atomic mass is 9.97. The van der Waals surface area contributed by atoms with Gasteiger partial charge in [0.15, 0.2) is 0 Å². The summed E-state index contributed by atoms with van der Waals surface area (Å²) in [6, 6.07) is 5.61. The van der Waals surface area contributed by atoms with Crippen LogP contribution in [0.15, 0.2) is 18.2 Å². The van der Waals surface area contributed by atoms with Crippen molar-refractivity contribution < 1.29 is 14.3 Å². The topological polar surface area (TPSA) is 47.6 Å². The molecule has 0 radical (unpaired) electrons. The molecule has 4 heteroatoms. The standard InChI is InChI=1S/C17H25NO3/c1-4-20-17(19)16(18-11-14-8-6-10-21-14)15-9-5-7-12(2)13(15)3/h5,7,9,14,16,18H,4,6,8,10-11H2,1-3H3. The molecule has 1 aromatic carbocycles. The van der Waals surface area contributed by atoms with E-state index in [9.17, 15) is 4.79 Å². The number of benzene rings is 1. The van der Waals surface area contributed by atoms with Gasteiger partial charge in [0.1, 0.15) is 6.04 Å². The van der Waals surface area contributed by atoms with Crippen molar-refractivity contribution >= 4 is 5.97 Å². The molecule has 1 fully saturated rings. The Labute approximate surface area is 126 Å². The second-order valence-corrected chi connectivity index (χ2v) is 5.52. The van der Waals surface area contributed by atoms with E-state index >= 15 is 0 Å². The predicted octanol–water partition coefficient (Wildman–Crippen LogP) is 2.68. The number of hydrogen-bond acceptors (Lipinski definition) is 4. The molecule has 1 heterocycles. The Morgan fingerprint density at radius 3 is 2.95 bits per heavy atom. The first kappa shape index (κ1) is 16.0. The van der Waals surface area contributed by atoms with Crippen LogP contribution in [0.3, 0.4) is 0 Å². The summed E-state index contributed by atoms with van der Waals surface area (Å²) in [4.78, 5) is 12.3. The van der Waals surface area contributed by atoms with Crippen LogP contribution in [0.25, 0.3) is 0 Å². The van der Waals surface area contributed by atoms with Gasteiger partial charge in [-0.15, -0.1) is 0 Å². The number of aryl methyl sites for hydroxylation is 1. The van der Waals surface area contributed by atoms with Gasteiger partial charge >= 0.3 is 5.97 Å². The molecule has 0 aliphatic carbocycles. The zero-order valence-electron chi connectivity index (χ0n) is 13.1. The Hall–Kier alpha value is -1.39. The summed E-state index contributed by atoms with van der Waals surface area (Å²) in [7, 11) is 0. The second kappa shape index (κ2) is 7.57. The molecule has 0 amide bonds. The molecule has 4 nitrogen and oxygen atoms in total. The van der Waals surface area contributed by atoms with Crippen molar-refractivity contribution in [2.45, 2.75) is 45.8 Å². The summed E-state index contributed by atoms with van der Waals surface area (Å²) in [6.45, 7) is 7.82. The Kier molecular flexibility index (Phi) is 5.76. The van der Waals surface area contributed by atoms with E-state index < -0.39 is 6.04 Å². The Balaban J connectivity index is 2.14. The fourth-order valence-electron chi connectivity index (χ4n) is 2.69. The van der Waals surface area contributed by atoms with Crippen LogP contribution in [0, 0.1) is 13.8 Å². The average Bonchev–Trinajstić information content (AvgIpc) is 2.97. The minimum atomic E-state index is -0.422. The van der Waals surface area contributed by atoms with Gasteiger partial charge < -0.3 is 9.47 Å². The number of ether oxygens (including phenoxy) is 2. The molecule has 0 bridgehead atoms. The van der Waals surface area contributed by atoms with E-state index in [0.717, 1.165) is 30.6 Å². The number of carbonyl (C=O) groups is 1. The smallest absolute Gasteiger partial charge is 0.327 e. The fourth-order valence-corrected chi connectivity index (χ4v) is 2.69. The van der Waals surface area contributed by atoms with Crippen molar-refractivity contribution in [1.82, 2.24) is 5.32 Å². The third-order valence-corrected chi connectivity index (χ3v) is 4.05. The van der Waals surface area contributed by atoms with Crippen LogP contribution in [0.2, 0.25) is 0 Å². The lowest BCUT2D eigenvalue weighted by Crippen LogP contribution is -2.36.